The summed E-state index contributed by atoms with van der Waals surface area (Å²) in [5.74, 6) is 6.32. The lowest BCUT2D eigenvalue weighted by Crippen LogP contribution is -2.37. The van der Waals surface area contributed by atoms with Gasteiger partial charge in [-0.1, -0.05) is 24.0 Å². The van der Waals surface area contributed by atoms with Crippen molar-refractivity contribution in [1.82, 2.24) is 4.90 Å². The molecule has 0 radical (unpaired) electrons. The molecule has 1 aromatic carbocycles. The van der Waals surface area contributed by atoms with E-state index in [-0.39, 0.29) is 0 Å². The third kappa shape index (κ3) is 4.35. The Morgan fingerprint density at radius 3 is 2.11 bits per heavy atom. The molecule has 2 heteroatoms. The van der Waals surface area contributed by atoms with Crippen LogP contribution in [0.15, 0.2) is 24.3 Å². The first-order valence-electron chi connectivity index (χ1n) is 6.34. The number of carbonyl (C=O) groups excluding carboxylic acids is 1. The van der Waals surface area contributed by atoms with E-state index in [4.69, 9.17) is 0 Å². The molecule has 1 aromatic rings. The van der Waals surface area contributed by atoms with Crippen molar-refractivity contribution < 1.29 is 4.79 Å². The van der Waals surface area contributed by atoms with Crippen molar-refractivity contribution in [2.45, 2.75) is 39.8 Å². The zero-order chi connectivity index (χ0) is 13.5. The minimum absolute atomic E-state index is 0.497. The standard InChI is InChI=1S/C16H21NO/c1-13(2)17(14(3)4)11-5-6-15-7-9-16(12-18)10-8-15/h7-10,12-14H,11H2,1-4H3. The van der Waals surface area contributed by atoms with Gasteiger partial charge in [-0.3, -0.25) is 9.69 Å². The fourth-order valence-electron chi connectivity index (χ4n) is 1.84. The quantitative estimate of drug-likeness (QED) is 0.598. The largest absolute Gasteiger partial charge is 0.298 e. The van der Waals surface area contributed by atoms with Crippen LogP contribution < -0.4 is 0 Å². The Bertz CT molecular complexity index is 426. The van der Waals surface area contributed by atoms with Crippen LogP contribution in [0.1, 0.15) is 43.6 Å². The summed E-state index contributed by atoms with van der Waals surface area (Å²) in [4.78, 5) is 12.9. The van der Waals surface area contributed by atoms with Crippen LogP contribution in [-0.2, 0) is 0 Å². The average Bonchev–Trinajstić information content (AvgIpc) is 2.34. The number of aldehydes is 1. The number of hydrogen-bond donors (Lipinski definition) is 0. The summed E-state index contributed by atoms with van der Waals surface area (Å²) in [7, 11) is 0. The fraction of sp³-hybridized carbons (Fsp3) is 0.438. The Morgan fingerprint density at radius 2 is 1.67 bits per heavy atom. The van der Waals surface area contributed by atoms with Crippen LogP contribution in [-0.4, -0.2) is 29.8 Å². The van der Waals surface area contributed by atoms with Crippen molar-refractivity contribution in [2.24, 2.45) is 0 Å². The molecule has 0 aliphatic carbocycles. The summed E-state index contributed by atoms with van der Waals surface area (Å²) in [6.07, 6.45) is 0.844. The predicted octanol–water partition coefficient (Wildman–Crippen LogP) is 2.97. The first kappa shape index (κ1) is 14.5. The topological polar surface area (TPSA) is 20.3 Å². The van der Waals surface area contributed by atoms with Crippen LogP contribution in [0.3, 0.4) is 0 Å². The summed E-state index contributed by atoms with van der Waals surface area (Å²) in [6, 6.07) is 8.34. The first-order valence-corrected chi connectivity index (χ1v) is 6.34. The summed E-state index contributed by atoms with van der Waals surface area (Å²) in [5, 5.41) is 0. The Hall–Kier alpha value is -1.59. The molecule has 96 valence electrons. The van der Waals surface area contributed by atoms with E-state index in [0.29, 0.717) is 17.6 Å². The van der Waals surface area contributed by atoms with Gasteiger partial charge < -0.3 is 0 Å². The van der Waals surface area contributed by atoms with Crippen molar-refractivity contribution >= 4 is 6.29 Å². The second-order valence-electron chi connectivity index (χ2n) is 4.90. The molecule has 0 N–H and O–H groups in total. The molecule has 0 saturated heterocycles. The molecule has 0 bridgehead atoms. The molecule has 0 fully saturated rings. The molecule has 0 saturated carbocycles. The lowest BCUT2D eigenvalue weighted by molar-refractivity contribution is 0.112. The highest BCUT2D eigenvalue weighted by Gasteiger charge is 2.10. The molecule has 0 aliphatic rings. The van der Waals surface area contributed by atoms with Crippen molar-refractivity contribution in [2.75, 3.05) is 6.54 Å². The highest BCUT2D eigenvalue weighted by molar-refractivity contribution is 5.74. The summed E-state index contributed by atoms with van der Waals surface area (Å²) in [5.41, 5.74) is 1.64. The van der Waals surface area contributed by atoms with Gasteiger partial charge in [0.05, 0.1) is 6.54 Å². The van der Waals surface area contributed by atoms with Crippen molar-refractivity contribution in [1.29, 1.82) is 0 Å². The zero-order valence-electron chi connectivity index (χ0n) is 11.6. The molecular formula is C16H21NO. The van der Waals surface area contributed by atoms with Gasteiger partial charge in [-0.15, -0.1) is 0 Å². The maximum atomic E-state index is 10.5. The van der Waals surface area contributed by atoms with Gasteiger partial charge in [0.15, 0.2) is 0 Å². The van der Waals surface area contributed by atoms with E-state index in [9.17, 15) is 4.79 Å². The van der Waals surface area contributed by atoms with Crippen molar-refractivity contribution in [3.05, 3.63) is 35.4 Å². The number of hydrogen-bond acceptors (Lipinski definition) is 2. The van der Waals surface area contributed by atoms with E-state index in [1.54, 1.807) is 12.1 Å². The summed E-state index contributed by atoms with van der Waals surface area (Å²) < 4.78 is 0. The Labute approximate surface area is 110 Å². The maximum absolute atomic E-state index is 10.5. The highest BCUT2D eigenvalue weighted by atomic mass is 16.1. The van der Waals surface area contributed by atoms with Gasteiger partial charge >= 0.3 is 0 Å². The Kier molecular flexibility index (Phi) is 5.61. The second kappa shape index (κ2) is 6.98. The molecule has 2 nitrogen and oxygen atoms in total. The SMILES string of the molecule is CC(C)N(CC#Cc1ccc(C=O)cc1)C(C)C. The van der Waals surface area contributed by atoms with Gasteiger partial charge in [0.2, 0.25) is 0 Å². The van der Waals surface area contributed by atoms with Gasteiger partial charge in [-0.05, 0) is 39.8 Å². The molecule has 1 rings (SSSR count). The molecule has 18 heavy (non-hydrogen) atoms. The highest BCUT2D eigenvalue weighted by Crippen LogP contribution is 2.04. The van der Waals surface area contributed by atoms with Gasteiger partial charge in [0.25, 0.3) is 0 Å². The fourth-order valence-corrected chi connectivity index (χ4v) is 1.84. The summed E-state index contributed by atoms with van der Waals surface area (Å²) >= 11 is 0. The third-order valence-corrected chi connectivity index (χ3v) is 2.87. The van der Waals surface area contributed by atoms with Crippen LogP contribution in [0.4, 0.5) is 0 Å². The maximum Gasteiger partial charge on any atom is 0.150 e. The lowest BCUT2D eigenvalue weighted by atomic mass is 10.1. The summed E-state index contributed by atoms with van der Waals surface area (Å²) in [6.45, 7) is 9.49. The molecule has 0 unspecified atom stereocenters. The third-order valence-electron chi connectivity index (χ3n) is 2.87. The normalized spacial score (nSPS) is 10.6. The molecule has 0 aromatic heterocycles. The van der Waals surface area contributed by atoms with E-state index in [2.05, 4.69) is 44.4 Å². The first-order chi connectivity index (χ1) is 8.54. The molecule has 0 aliphatic heterocycles. The van der Waals surface area contributed by atoms with Crippen molar-refractivity contribution in [3.8, 4) is 11.8 Å². The van der Waals surface area contributed by atoms with Crippen molar-refractivity contribution in [3.63, 3.8) is 0 Å². The predicted molar refractivity (Wildman–Crippen MR) is 75.7 cm³/mol. The van der Waals surface area contributed by atoms with E-state index in [0.717, 1.165) is 18.4 Å². The molecule has 0 amide bonds. The van der Waals surface area contributed by atoms with E-state index in [1.165, 1.54) is 0 Å². The number of nitrogens with zero attached hydrogens (tertiary/aromatic N) is 1. The van der Waals surface area contributed by atoms with Crippen LogP contribution >= 0.6 is 0 Å². The Balaban J connectivity index is 2.66. The zero-order valence-corrected chi connectivity index (χ0v) is 11.6. The molecule has 0 atom stereocenters. The Morgan fingerprint density at radius 1 is 1.11 bits per heavy atom. The van der Waals surface area contributed by atoms with E-state index >= 15 is 0 Å². The van der Waals surface area contributed by atoms with E-state index in [1.807, 2.05) is 12.1 Å². The monoisotopic (exact) mass is 243 g/mol. The number of benzene rings is 1. The van der Waals surface area contributed by atoms with Crippen LogP contribution in [0, 0.1) is 11.8 Å². The minimum atomic E-state index is 0.497. The van der Waals surface area contributed by atoms with E-state index < -0.39 is 0 Å². The molecular weight excluding hydrogens is 222 g/mol. The van der Waals surface area contributed by atoms with Gasteiger partial charge in [0.1, 0.15) is 6.29 Å². The molecule has 0 heterocycles. The van der Waals surface area contributed by atoms with Crippen LogP contribution in [0.5, 0.6) is 0 Å². The smallest absolute Gasteiger partial charge is 0.150 e. The lowest BCUT2D eigenvalue weighted by Gasteiger charge is -2.28. The average molecular weight is 243 g/mol. The van der Waals surface area contributed by atoms with Crippen LogP contribution in [0.2, 0.25) is 0 Å². The van der Waals surface area contributed by atoms with Gasteiger partial charge in [-0.2, -0.15) is 0 Å². The van der Waals surface area contributed by atoms with Gasteiger partial charge in [0, 0.05) is 23.2 Å². The second-order valence-corrected chi connectivity index (χ2v) is 4.90. The minimum Gasteiger partial charge on any atom is -0.298 e. The molecule has 0 spiro atoms. The number of carbonyl (C=O) groups is 1. The number of rotatable bonds is 4. The van der Waals surface area contributed by atoms with Gasteiger partial charge in [-0.25, -0.2) is 0 Å². The van der Waals surface area contributed by atoms with Crippen LogP contribution in [0.25, 0.3) is 0 Å².